The average Bonchev–Trinajstić information content (AvgIpc) is 2.36. The van der Waals surface area contributed by atoms with Crippen molar-refractivity contribution < 1.29 is 14.6 Å². The lowest BCUT2D eigenvalue weighted by atomic mass is 10.1. The maximum absolute atomic E-state index is 12.6. The van der Waals surface area contributed by atoms with Crippen molar-refractivity contribution in [3.63, 3.8) is 0 Å². The van der Waals surface area contributed by atoms with Gasteiger partial charge >= 0.3 is 6.09 Å². The van der Waals surface area contributed by atoms with Crippen LogP contribution < -0.4 is 4.74 Å². The van der Waals surface area contributed by atoms with E-state index in [0.717, 1.165) is 0 Å². The van der Waals surface area contributed by atoms with Crippen LogP contribution in [0.5, 0.6) is 5.75 Å². The van der Waals surface area contributed by atoms with Crippen molar-refractivity contribution in [3.8, 4) is 5.75 Å². The van der Waals surface area contributed by atoms with Crippen molar-refractivity contribution in [2.75, 3.05) is 14.1 Å². The summed E-state index contributed by atoms with van der Waals surface area (Å²) in [5.41, 5.74) is 0.583. The minimum absolute atomic E-state index is 0.0742. The molecule has 1 aromatic carbocycles. The Morgan fingerprint density at radius 3 is 2.18 bits per heavy atom. The summed E-state index contributed by atoms with van der Waals surface area (Å²) in [4.78, 5) is 14.2. The SMILES string of the molecule is CC(C)N(C(=O)Oc1ccccc1C(O)N(C)C)[Si](C)(C)C. The lowest BCUT2D eigenvalue weighted by Gasteiger charge is -2.36. The highest BCUT2D eigenvalue weighted by Crippen LogP contribution is 2.27. The zero-order valence-corrected chi connectivity index (χ0v) is 15.6. The van der Waals surface area contributed by atoms with Gasteiger partial charge in [-0.15, -0.1) is 0 Å². The standard InChI is InChI=1S/C16H28N2O3Si/c1-12(2)18(22(5,6)7)16(20)21-14-11-9-8-10-13(14)15(19)17(3)4/h8-12,15,19H,1-7H3. The van der Waals surface area contributed by atoms with E-state index in [1.54, 1.807) is 37.2 Å². The molecule has 0 aliphatic rings. The van der Waals surface area contributed by atoms with E-state index < -0.39 is 14.5 Å². The van der Waals surface area contributed by atoms with Gasteiger partial charge in [-0.25, -0.2) is 4.79 Å². The van der Waals surface area contributed by atoms with Gasteiger partial charge in [0.05, 0.1) is 0 Å². The maximum atomic E-state index is 12.6. The summed E-state index contributed by atoms with van der Waals surface area (Å²) in [7, 11) is 1.69. The highest BCUT2D eigenvalue weighted by molar-refractivity contribution is 6.75. The first kappa shape index (κ1) is 18.7. The fourth-order valence-electron chi connectivity index (χ4n) is 2.47. The Bertz CT molecular complexity index is 512. The Morgan fingerprint density at radius 2 is 1.73 bits per heavy atom. The number of carbonyl (C=O) groups excluding carboxylic acids is 1. The molecule has 0 radical (unpaired) electrons. The summed E-state index contributed by atoms with van der Waals surface area (Å²) < 4.78 is 7.43. The second-order valence-corrected chi connectivity index (χ2v) is 11.7. The average molecular weight is 324 g/mol. The van der Waals surface area contributed by atoms with E-state index in [9.17, 15) is 9.90 Å². The van der Waals surface area contributed by atoms with Gasteiger partial charge < -0.3 is 14.4 Å². The van der Waals surface area contributed by atoms with Crippen LogP contribution >= 0.6 is 0 Å². The summed E-state index contributed by atoms with van der Waals surface area (Å²) in [6.07, 6.45) is -1.17. The van der Waals surface area contributed by atoms with Crippen molar-refractivity contribution in [1.29, 1.82) is 0 Å². The normalized spacial score (nSPS) is 13.4. The van der Waals surface area contributed by atoms with E-state index in [2.05, 4.69) is 19.6 Å². The number of aliphatic hydroxyl groups is 1. The van der Waals surface area contributed by atoms with Gasteiger partial charge in [-0.05, 0) is 34.0 Å². The van der Waals surface area contributed by atoms with Crippen molar-refractivity contribution >= 4 is 14.3 Å². The van der Waals surface area contributed by atoms with Crippen LogP contribution in [-0.2, 0) is 0 Å². The minimum Gasteiger partial charge on any atom is -0.410 e. The molecule has 0 saturated heterocycles. The molecule has 0 bridgehead atoms. The number of nitrogens with zero attached hydrogens (tertiary/aromatic N) is 2. The fourth-order valence-corrected chi connectivity index (χ4v) is 4.61. The molecule has 124 valence electrons. The Morgan fingerprint density at radius 1 is 1.18 bits per heavy atom. The monoisotopic (exact) mass is 324 g/mol. The van der Waals surface area contributed by atoms with E-state index in [4.69, 9.17) is 4.74 Å². The molecule has 0 aliphatic carbocycles. The smallest absolute Gasteiger partial charge is 0.407 e. The van der Waals surface area contributed by atoms with Crippen molar-refractivity contribution in [2.45, 2.75) is 45.8 Å². The predicted molar refractivity (Wildman–Crippen MR) is 91.4 cm³/mol. The number of hydrogen-bond acceptors (Lipinski definition) is 4. The first-order valence-corrected chi connectivity index (χ1v) is 10.9. The number of hydrogen-bond donors (Lipinski definition) is 1. The van der Waals surface area contributed by atoms with Crippen molar-refractivity contribution in [2.24, 2.45) is 0 Å². The van der Waals surface area contributed by atoms with Crippen LogP contribution in [0, 0.1) is 0 Å². The third-order valence-electron chi connectivity index (χ3n) is 3.32. The number of para-hydroxylation sites is 1. The van der Waals surface area contributed by atoms with Gasteiger partial charge in [0.1, 0.15) is 12.0 Å². The van der Waals surface area contributed by atoms with E-state index in [0.29, 0.717) is 11.3 Å². The molecule has 1 aromatic rings. The van der Waals surface area contributed by atoms with Gasteiger partial charge in [0, 0.05) is 11.6 Å². The zero-order chi connectivity index (χ0) is 17.1. The molecule has 22 heavy (non-hydrogen) atoms. The van der Waals surface area contributed by atoms with Crippen molar-refractivity contribution in [1.82, 2.24) is 9.47 Å². The molecule has 1 atom stereocenters. The summed E-state index contributed by atoms with van der Waals surface area (Å²) >= 11 is 0. The van der Waals surface area contributed by atoms with Gasteiger partial charge in [0.2, 0.25) is 0 Å². The van der Waals surface area contributed by atoms with Gasteiger partial charge in [-0.1, -0.05) is 37.8 Å². The van der Waals surface area contributed by atoms with Gasteiger partial charge in [0.25, 0.3) is 0 Å². The number of amides is 1. The summed E-state index contributed by atoms with van der Waals surface area (Å²) in [6, 6.07) is 7.16. The summed E-state index contributed by atoms with van der Waals surface area (Å²) in [5.74, 6) is 0.401. The van der Waals surface area contributed by atoms with Crippen molar-refractivity contribution in [3.05, 3.63) is 29.8 Å². The van der Waals surface area contributed by atoms with Crippen LogP contribution in [0.15, 0.2) is 24.3 Å². The van der Waals surface area contributed by atoms with Crippen LogP contribution in [0.1, 0.15) is 25.6 Å². The molecular formula is C16H28N2O3Si. The van der Waals surface area contributed by atoms with E-state index >= 15 is 0 Å². The van der Waals surface area contributed by atoms with Gasteiger partial charge in [-0.3, -0.25) is 4.90 Å². The Balaban J connectivity index is 3.07. The highest BCUT2D eigenvalue weighted by atomic mass is 28.3. The molecule has 5 nitrogen and oxygen atoms in total. The molecule has 0 saturated carbocycles. The topological polar surface area (TPSA) is 53.0 Å². The lowest BCUT2D eigenvalue weighted by Crippen LogP contribution is -2.54. The Kier molecular flexibility index (Phi) is 6.16. The molecule has 1 N–H and O–H groups in total. The van der Waals surface area contributed by atoms with Crippen LogP contribution in [0.3, 0.4) is 0 Å². The number of rotatable bonds is 5. The fraction of sp³-hybridized carbons (Fsp3) is 0.562. The third kappa shape index (κ3) is 4.56. The van der Waals surface area contributed by atoms with Crippen LogP contribution in [0.2, 0.25) is 19.6 Å². The van der Waals surface area contributed by atoms with Gasteiger partial charge in [0.15, 0.2) is 8.24 Å². The Hall–Kier alpha value is -1.37. The summed E-state index contributed by atoms with van der Waals surface area (Å²) in [5, 5.41) is 10.2. The molecule has 6 heteroatoms. The molecule has 1 amide bonds. The quantitative estimate of drug-likeness (QED) is 0.667. The number of carbonyl (C=O) groups is 1. The van der Waals surface area contributed by atoms with E-state index in [1.807, 2.05) is 24.5 Å². The molecule has 0 fully saturated rings. The molecule has 0 aromatic heterocycles. The third-order valence-corrected chi connectivity index (χ3v) is 5.46. The Labute approximate surface area is 134 Å². The van der Waals surface area contributed by atoms with Crippen LogP contribution in [0.4, 0.5) is 4.79 Å². The maximum Gasteiger partial charge on any atom is 0.407 e. The zero-order valence-electron chi connectivity index (χ0n) is 14.6. The van der Waals surface area contributed by atoms with Crippen LogP contribution in [-0.4, -0.2) is 49.0 Å². The second kappa shape index (κ2) is 7.26. The number of aliphatic hydroxyl groups excluding tert-OH is 1. The van der Waals surface area contributed by atoms with Gasteiger partial charge in [-0.2, -0.15) is 0 Å². The molecule has 0 aliphatic heterocycles. The molecule has 0 heterocycles. The molecule has 1 unspecified atom stereocenters. The number of benzene rings is 1. The van der Waals surface area contributed by atoms with E-state index in [1.165, 1.54) is 0 Å². The van der Waals surface area contributed by atoms with Crippen LogP contribution in [0.25, 0.3) is 0 Å². The first-order chi connectivity index (χ1) is 10.1. The first-order valence-electron chi connectivity index (χ1n) is 7.50. The largest absolute Gasteiger partial charge is 0.410 e. The predicted octanol–water partition coefficient (Wildman–Crippen LogP) is 3.28. The minimum atomic E-state index is -1.85. The number of ether oxygens (including phenoxy) is 1. The molecule has 1 rings (SSSR count). The second-order valence-electron chi connectivity index (χ2n) is 6.88. The van der Waals surface area contributed by atoms with E-state index in [-0.39, 0.29) is 12.1 Å². The lowest BCUT2D eigenvalue weighted by molar-refractivity contribution is 0.0374. The molecule has 0 spiro atoms. The molecular weight excluding hydrogens is 296 g/mol. The summed E-state index contributed by atoms with van der Waals surface area (Å²) in [6.45, 7) is 10.3. The highest BCUT2D eigenvalue weighted by Gasteiger charge is 2.33.